The zero-order chi connectivity index (χ0) is 15.2. The molecule has 0 saturated carbocycles. The Morgan fingerprint density at radius 3 is 2.62 bits per heavy atom. The number of amides is 1. The number of carboxylic acid groups (broad SMARTS) is 1. The maximum absolute atomic E-state index is 12.1. The summed E-state index contributed by atoms with van der Waals surface area (Å²) in [7, 11) is 0. The molecule has 2 rings (SSSR count). The average Bonchev–Trinajstić information content (AvgIpc) is 3.00. The smallest absolute Gasteiger partial charge is 0.326 e. The molecular formula is C14H16N4O3. The van der Waals surface area contributed by atoms with Gasteiger partial charge in [0.15, 0.2) is 0 Å². The number of rotatable bonds is 6. The highest BCUT2D eigenvalue weighted by molar-refractivity contribution is 5.85. The SMILES string of the molecule is CC(C(=O)N[C@H](Cc1ccccc1)C(=O)O)n1cncn1. The van der Waals surface area contributed by atoms with Crippen LogP contribution in [0, 0.1) is 0 Å². The van der Waals surface area contributed by atoms with Crippen LogP contribution in [-0.4, -0.2) is 37.8 Å². The molecular weight excluding hydrogens is 272 g/mol. The molecule has 0 aliphatic carbocycles. The average molecular weight is 288 g/mol. The summed E-state index contributed by atoms with van der Waals surface area (Å²) in [6.07, 6.45) is 2.96. The van der Waals surface area contributed by atoms with Gasteiger partial charge in [-0.1, -0.05) is 30.3 Å². The van der Waals surface area contributed by atoms with E-state index in [4.69, 9.17) is 0 Å². The van der Waals surface area contributed by atoms with Crippen LogP contribution in [-0.2, 0) is 16.0 Å². The Labute approximate surface area is 121 Å². The number of carboxylic acids is 1. The van der Waals surface area contributed by atoms with Gasteiger partial charge in [-0.25, -0.2) is 14.5 Å². The topological polar surface area (TPSA) is 97.1 Å². The van der Waals surface area contributed by atoms with Crippen LogP contribution < -0.4 is 5.32 Å². The van der Waals surface area contributed by atoms with Crippen LogP contribution in [0.15, 0.2) is 43.0 Å². The molecule has 7 nitrogen and oxygen atoms in total. The number of carbonyl (C=O) groups excluding carboxylic acids is 1. The van der Waals surface area contributed by atoms with Gasteiger partial charge in [-0.05, 0) is 12.5 Å². The summed E-state index contributed by atoms with van der Waals surface area (Å²) in [5.74, 6) is -1.48. The molecule has 7 heteroatoms. The molecule has 21 heavy (non-hydrogen) atoms. The fourth-order valence-electron chi connectivity index (χ4n) is 1.88. The normalized spacial score (nSPS) is 13.4. The number of hydrogen-bond donors (Lipinski definition) is 2. The van der Waals surface area contributed by atoms with Crippen molar-refractivity contribution in [1.82, 2.24) is 20.1 Å². The van der Waals surface area contributed by atoms with Crippen molar-refractivity contribution in [3.05, 3.63) is 48.5 Å². The molecule has 0 spiro atoms. The highest BCUT2D eigenvalue weighted by Crippen LogP contribution is 2.07. The van der Waals surface area contributed by atoms with E-state index in [0.717, 1.165) is 5.56 Å². The molecule has 0 aliphatic rings. The molecule has 0 saturated heterocycles. The molecule has 2 atom stereocenters. The summed E-state index contributed by atoms with van der Waals surface area (Å²) < 4.78 is 1.37. The van der Waals surface area contributed by atoms with Gasteiger partial charge in [-0.3, -0.25) is 4.79 Å². The highest BCUT2D eigenvalue weighted by atomic mass is 16.4. The molecule has 1 heterocycles. The molecule has 2 N–H and O–H groups in total. The second-order valence-corrected chi connectivity index (χ2v) is 4.64. The monoisotopic (exact) mass is 288 g/mol. The summed E-state index contributed by atoms with van der Waals surface area (Å²) in [6.45, 7) is 1.63. The van der Waals surface area contributed by atoms with E-state index >= 15 is 0 Å². The third kappa shape index (κ3) is 3.88. The van der Waals surface area contributed by atoms with Gasteiger partial charge < -0.3 is 10.4 Å². The van der Waals surface area contributed by atoms with E-state index in [1.807, 2.05) is 30.3 Å². The fourth-order valence-corrected chi connectivity index (χ4v) is 1.88. The summed E-state index contributed by atoms with van der Waals surface area (Å²) in [5.41, 5.74) is 0.846. The Morgan fingerprint density at radius 2 is 2.05 bits per heavy atom. The molecule has 0 bridgehead atoms. The highest BCUT2D eigenvalue weighted by Gasteiger charge is 2.24. The predicted molar refractivity (Wildman–Crippen MR) is 74.4 cm³/mol. The fraction of sp³-hybridized carbons (Fsp3) is 0.286. The minimum Gasteiger partial charge on any atom is -0.480 e. The predicted octanol–water partition coefficient (Wildman–Crippen LogP) is 0.651. The van der Waals surface area contributed by atoms with E-state index in [0.29, 0.717) is 0 Å². The van der Waals surface area contributed by atoms with E-state index in [2.05, 4.69) is 15.4 Å². The molecule has 0 radical (unpaired) electrons. The molecule has 2 aromatic rings. The molecule has 110 valence electrons. The Kier molecular flexibility index (Phi) is 4.65. The zero-order valence-corrected chi connectivity index (χ0v) is 11.5. The maximum atomic E-state index is 12.1. The van der Waals surface area contributed by atoms with Crippen LogP contribution in [0.4, 0.5) is 0 Å². The van der Waals surface area contributed by atoms with Gasteiger partial charge in [0.05, 0.1) is 0 Å². The largest absolute Gasteiger partial charge is 0.480 e. The van der Waals surface area contributed by atoms with E-state index < -0.39 is 24.0 Å². The second kappa shape index (κ2) is 6.65. The van der Waals surface area contributed by atoms with E-state index in [1.165, 1.54) is 17.3 Å². The van der Waals surface area contributed by atoms with Gasteiger partial charge in [0, 0.05) is 6.42 Å². The molecule has 1 aromatic carbocycles. The first-order chi connectivity index (χ1) is 10.1. The number of nitrogens with zero attached hydrogens (tertiary/aromatic N) is 3. The van der Waals surface area contributed by atoms with Crippen LogP contribution in [0.25, 0.3) is 0 Å². The minimum absolute atomic E-state index is 0.228. The first-order valence-electron chi connectivity index (χ1n) is 6.49. The Balaban J connectivity index is 2.03. The first kappa shape index (κ1) is 14.7. The lowest BCUT2D eigenvalue weighted by atomic mass is 10.1. The van der Waals surface area contributed by atoms with Crippen molar-refractivity contribution in [2.75, 3.05) is 0 Å². The van der Waals surface area contributed by atoms with Gasteiger partial charge in [0.1, 0.15) is 24.7 Å². The minimum atomic E-state index is -1.07. The van der Waals surface area contributed by atoms with E-state index in [9.17, 15) is 14.7 Å². The van der Waals surface area contributed by atoms with Crippen molar-refractivity contribution in [3.63, 3.8) is 0 Å². The molecule has 1 amide bonds. The number of carbonyl (C=O) groups is 2. The van der Waals surface area contributed by atoms with Gasteiger partial charge in [0.2, 0.25) is 5.91 Å². The van der Waals surface area contributed by atoms with E-state index in [1.54, 1.807) is 6.92 Å². The first-order valence-corrected chi connectivity index (χ1v) is 6.49. The number of hydrogen-bond acceptors (Lipinski definition) is 4. The van der Waals surface area contributed by atoms with Crippen LogP contribution in [0.5, 0.6) is 0 Å². The molecule has 1 aromatic heterocycles. The number of nitrogens with one attached hydrogen (secondary N) is 1. The van der Waals surface area contributed by atoms with Crippen LogP contribution in [0.2, 0.25) is 0 Å². The van der Waals surface area contributed by atoms with Gasteiger partial charge >= 0.3 is 5.97 Å². The summed E-state index contributed by atoms with van der Waals surface area (Å²) >= 11 is 0. The van der Waals surface area contributed by atoms with Crippen molar-refractivity contribution in [2.24, 2.45) is 0 Å². The van der Waals surface area contributed by atoms with E-state index in [-0.39, 0.29) is 6.42 Å². The lowest BCUT2D eigenvalue weighted by molar-refractivity contribution is -0.142. The van der Waals surface area contributed by atoms with Crippen LogP contribution in [0.3, 0.4) is 0 Å². The molecule has 1 unspecified atom stereocenters. The van der Waals surface area contributed by atoms with Gasteiger partial charge in [-0.15, -0.1) is 0 Å². The summed E-state index contributed by atoms with van der Waals surface area (Å²) in [4.78, 5) is 27.1. The molecule has 0 fully saturated rings. The van der Waals surface area contributed by atoms with Crippen LogP contribution in [0.1, 0.15) is 18.5 Å². The Hall–Kier alpha value is -2.70. The van der Waals surface area contributed by atoms with Crippen molar-refractivity contribution in [1.29, 1.82) is 0 Å². The maximum Gasteiger partial charge on any atom is 0.326 e. The standard InChI is InChI=1S/C14H16N4O3/c1-10(18-9-15-8-16-18)13(19)17-12(14(20)21)7-11-5-3-2-4-6-11/h2-6,8-10,12H,7H2,1H3,(H,17,19)(H,20,21)/t10?,12-/m1/s1. The number of aliphatic carboxylic acids is 1. The van der Waals surface area contributed by atoms with Crippen molar-refractivity contribution in [3.8, 4) is 0 Å². The van der Waals surface area contributed by atoms with Gasteiger partial charge in [-0.2, -0.15) is 5.10 Å². The van der Waals surface area contributed by atoms with Crippen molar-refractivity contribution < 1.29 is 14.7 Å². The summed E-state index contributed by atoms with van der Waals surface area (Å²) in [5, 5.41) is 15.6. The lowest BCUT2D eigenvalue weighted by Crippen LogP contribution is -2.45. The van der Waals surface area contributed by atoms with Gasteiger partial charge in [0.25, 0.3) is 0 Å². The quantitative estimate of drug-likeness (QED) is 0.813. The summed E-state index contributed by atoms with van der Waals surface area (Å²) in [6, 6.07) is 7.55. The van der Waals surface area contributed by atoms with Crippen LogP contribution >= 0.6 is 0 Å². The van der Waals surface area contributed by atoms with Crippen molar-refractivity contribution in [2.45, 2.75) is 25.4 Å². The number of aromatic nitrogens is 3. The zero-order valence-electron chi connectivity index (χ0n) is 11.5. The third-order valence-corrected chi connectivity index (χ3v) is 3.11. The Morgan fingerprint density at radius 1 is 1.33 bits per heavy atom. The Bertz CT molecular complexity index is 598. The third-order valence-electron chi connectivity index (χ3n) is 3.11. The second-order valence-electron chi connectivity index (χ2n) is 4.64. The molecule has 0 aliphatic heterocycles. The lowest BCUT2D eigenvalue weighted by Gasteiger charge is -2.18. The van der Waals surface area contributed by atoms with Crippen molar-refractivity contribution >= 4 is 11.9 Å². The number of benzene rings is 1.